The van der Waals surface area contributed by atoms with Gasteiger partial charge in [0, 0.05) is 8.96 Å². The Morgan fingerprint density at radius 2 is 2.06 bits per heavy atom. The van der Waals surface area contributed by atoms with Crippen molar-refractivity contribution in [3.63, 3.8) is 0 Å². The van der Waals surface area contributed by atoms with E-state index in [2.05, 4.69) is 53.7 Å². The minimum absolute atomic E-state index is 0.378. The molecule has 0 radical (unpaired) electrons. The van der Waals surface area contributed by atoms with Gasteiger partial charge >= 0.3 is 0 Å². The minimum Gasteiger partial charge on any atom is -0.310 e. The van der Waals surface area contributed by atoms with Crippen LogP contribution in [0.5, 0.6) is 0 Å². The number of rotatable bonds is 3. The summed E-state index contributed by atoms with van der Waals surface area (Å²) < 4.78 is 4.11. The maximum atomic E-state index is 5.94. The van der Waals surface area contributed by atoms with Crippen LogP contribution in [-0.2, 0) is 6.54 Å². The van der Waals surface area contributed by atoms with Crippen molar-refractivity contribution < 1.29 is 0 Å². The van der Waals surface area contributed by atoms with E-state index in [1.54, 1.807) is 6.33 Å². The molecule has 0 amide bonds. The molecule has 17 heavy (non-hydrogen) atoms. The molecule has 0 aliphatic carbocycles. The van der Waals surface area contributed by atoms with Crippen LogP contribution in [0.25, 0.3) is 11.2 Å². The Morgan fingerprint density at radius 3 is 2.76 bits per heavy atom. The van der Waals surface area contributed by atoms with Crippen molar-refractivity contribution in [1.29, 1.82) is 0 Å². The van der Waals surface area contributed by atoms with Crippen molar-refractivity contribution in [2.45, 2.75) is 19.9 Å². The van der Waals surface area contributed by atoms with Gasteiger partial charge in [0.1, 0.15) is 11.8 Å². The van der Waals surface area contributed by atoms with E-state index in [0.717, 1.165) is 21.0 Å². The lowest BCUT2D eigenvalue weighted by Crippen LogP contribution is -1.98. The van der Waals surface area contributed by atoms with Crippen molar-refractivity contribution in [2.24, 2.45) is 0 Å². The highest BCUT2D eigenvalue weighted by Gasteiger charge is 2.09. The highest BCUT2D eigenvalue weighted by Crippen LogP contribution is 2.24. The van der Waals surface area contributed by atoms with Gasteiger partial charge in [0.25, 0.3) is 0 Å². The summed E-state index contributed by atoms with van der Waals surface area (Å²) in [7, 11) is 0. The molecule has 0 spiro atoms. The number of nitrogens with zero attached hydrogens (tertiary/aromatic N) is 4. The predicted molar refractivity (Wildman–Crippen MR) is 75.5 cm³/mol. The van der Waals surface area contributed by atoms with Crippen molar-refractivity contribution in [3.05, 3.63) is 26.8 Å². The third kappa shape index (κ3) is 2.69. The van der Waals surface area contributed by atoms with E-state index in [9.17, 15) is 0 Å². The molecule has 0 aliphatic heterocycles. The fourth-order valence-corrected chi connectivity index (χ4v) is 2.25. The Balaban J connectivity index is 2.41. The summed E-state index contributed by atoms with van der Waals surface area (Å²) in [4.78, 5) is 12.3. The normalized spacial score (nSPS) is 12.9. The first-order valence-electron chi connectivity index (χ1n) is 4.97. The number of fused-ring (bicyclic) bond motifs is 1. The fourth-order valence-electron chi connectivity index (χ4n) is 1.39. The molecule has 0 fully saturated rings. The van der Waals surface area contributed by atoms with Crippen LogP contribution in [0.4, 0.5) is 0 Å². The van der Waals surface area contributed by atoms with E-state index in [-0.39, 0.29) is 0 Å². The zero-order chi connectivity index (χ0) is 12.4. The maximum Gasteiger partial charge on any atom is 0.165 e. The summed E-state index contributed by atoms with van der Waals surface area (Å²) in [6.07, 6.45) is 4.08. The first kappa shape index (κ1) is 13.0. The number of hydrogen-bond donors (Lipinski definition) is 0. The molecule has 90 valence electrons. The second kappa shape index (κ2) is 5.46. The van der Waals surface area contributed by atoms with Crippen molar-refractivity contribution >= 4 is 54.6 Å². The molecule has 2 heterocycles. The molecule has 4 nitrogen and oxygen atoms in total. The molecule has 0 atom stereocenters. The molecule has 2 rings (SSSR count). The summed E-state index contributed by atoms with van der Waals surface area (Å²) in [5.74, 6) is 0. The van der Waals surface area contributed by atoms with Crippen molar-refractivity contribution in [3.8, 4) is 0 Å². The van der Waals surface area contributed by atoms with Gasteiger partial charge in [0.15, 0.2) is 10.8 Å². The maximum absolute atomic E-state index is 5.94. The number of imidazole rings is 1. The lowest BCUT2D eigenvalue weighted by Gasteiger charge is -2.04. The molecule has 0 saturated heterocycles. The Kier molecular flexibility index (Phi) is 4.17. The van der Waals surface area contributed by atoms with Gasteiger partial charge in [-0.3, -0.25) is 0 Å². The number of allylic oxidation sites excluding steroid dienone is 2. The second-order valence-corrected chi connectivity index (χ2v) is 5.64. The molecular weight excluding hydrogens is 371 g/mol. The van der Waals surface area contributed by atoms with Gasteiger partial charge in [-0.1, -0.05) is 50.4 Å². The first-order valence-corrected chi connectivity index (χ1v) is 6.94. The van der Waals surface area contributed by atoms with E-state index < -0.39 is 0 Å². The third-order valence-electron chi connectivity index (χ3n) is 2.27. The number of hydrogen-bond acceptors (Lipinski definition) is 3. The van der Waals surface area contributed by atoms with Gasteiger partial charge in [0.05, 0.1) is 12.9 Å². The smallest absolute Gasteiger partial charge is 0.165 e. The zero-order valence-corrected chi connectivity index (χ0v) is 12.9. The van der Waals surface area contributed by atoms with E-state index in [1.807, 2.05) is 4.57 Å². The topological polar surface area (TPSA) is 43.6 Å². The summed E-state index contributed by atoms with van der Waals surface area (Å²) in [5.41, 5.74) is 1.36. The molecular formula is C10H9Br2ClN4. The Bertz CT molecular complexity index is 579. The van der Waals surface area contributed by atoms with Crippen LogP contribution in [0.15, 0.2) is 21.6 Å². The monoisotopic (exact) mass is 378 g/mol. The van der Waals surface area contributed by atoms with Gasteiger partial charge in [-0.05, 0) is 6.42 Å². The fraction of sp³-hybridized carbons (Fsp3) is 0.300. The van der Waals surface area contributed by atoms with E-state index in [0.29, 0.717) is 17.2 Å². The van der Waals surface area contributed by atoms with Gasteiger partial charge < -0.3 is 4.57 Å². The average molecular weight is 380 g/mol. The molecule has 2 aromatic heterocycles. The quantitative estimate of drug-likeness (QED) is 0.759. The lowest BCUT2D eigenvalue weighted by atomic mass is 10.4. The van der Waals surface area contributed by atoms with Gasteiger partial charge in [-0.25, -0.2) is 15.0 Å². The van der Waals surface area contributed by atoms with Gasteiger partial charge in [0.2, 0.25) is 0 Å². The molecule has 0 N–H and O–H groups in total. The van der Waals surface area contributed by atoms with Crippen molar-refractivity contribution in [1.82, 2.24) is 19.5 Å². The van der Waals surface area contributed by atoms with Crippen LogP contribution in [0.3, 0.4) is 0 Å². The summed E-state index contributed by atoms with van der Waals surface area (Å²) in [6.45, 7) is 2.74. The molecule has 0 saturated carbocycles. The van der Waals surface area contributed by atoms with Gasteiger partial charge in [-0.15, -0.1) is 0 Å². The largest absolute Gasteiger partial charge is 0.310 e. The first-order chi connectivity index (χ1) is 8.13. The van der Waals surface area contributed by atoms with Crippen LogP contribution in [0, 0.1) is 0 Å². The van der Waals surface area contributed by atoms with Crippen LogP contribution in [-0.4, -0.2) is 19.5 Å². The number of halogens is 3. The van der Waals surface area contributed by atoms with Crippen molar-refractivity contribution in [2.75, 3.05) is 0 Å². The predicted octanol–water partition coefficient (Wildman–Crippen LogP) is 3.89. The summed E-state index contributed by atoms with van der Waals surface area (Å²) >= 11 is 13.0. The summed E-state index contributed by atoms with van der Waals surface area (Å²) in [5, 5.41) is 0.378. The summed E-state index contributed by atoms with van der Waals surface area (Å²) in [6, 6.07) is 0. The minimum atomic E-state index is 0.378. The third-order valence-corrected chi connectivity index (χ3v) is 4.85. The van der Waals surface area contributed by atoms with Crippen LogP contribution in [0.2, 0.25) is 5.15 Å². The molecule has 7 heteroatoms. The SMILES string of the molecule is CC/C(Br)=C(\Br)Cn1cnc2c(Cl)ncnc21. The van der Waals surface area contributed by atoms with Gasteiger partial charge in [-0.2, -0.15) is 0 Å². The molecule has 0 bridgehead atoms. The van der Waals surface area contributed by atoms with Crippen LogP contribution < -0.4 is 0 Å². The van der Waals surface area contributed by atoms with E-state index in [4.69, 9.17) is 11.6 Å². The average Bonchev–Trinajstić information content (AvgIpc) is 2.73. The highest BCUT2D eigenvalue weighted by molar-refractivity contribution is 9.14. The van der Waals surface area contributed by atoms with Crippen LogP contribution in [0.1, 0.15) is 13.3 Å². The Morgan fingerprint density at radius 1 is 1.29 bits per heavy atom. The second-order valence-electron chi connectivity index (χ2n) is 3.37. The molecule has 0 unspecified atom stereocenters. The Labute approximate surface area is 120 Å². The highest BCUT2D eigenvalue weighted by atomic mass is 79.9. The van der Waals surface area contributed by atoms with E-state index >= 15 is 0 Å². The molecule has 0 aromatic carbocycles. The standard InChI is InChI=1S/C10H9Br2ClN4/c1-2-6(11)7(12)3-17-5-16-8-9(13)14-4-15-10(8)17/h4-5H,2-3H2,1H3/b7-6+. The Hall–Kier alpha value is -0.460. The number of aromatic nitrogens is 4. The molecule has 2 aromatic rings. The zero-order valence-electron chi connectivity index (χ0n) is 8.99. The molecule has 0 aliphatic rings. The van der Waals surface area contributed by atoms with E-state index in [1.165, 1.54) is 6.33 Å². The lowest BCUT2D eigenvalue weighted by molar-refractivity contribution is 0.825. The van der Waals surface area contributed by atoms with Crippen LogP contribution >= 0.6 is 43.5 Å².